The molecular formula is C21H20N2O5. The second-order valence-corrected chi connectivity index (χ2v) is 6.37. The molecule has 0 radical (unpaired) electrons. The van der Waals surface area contributed by atoms with Crippen LogP contribution in [0.3, 0.4) is 0 Å². The minimum atomic E-state index is -0.701. The van der Waals surface area contributed by atoms with E-state index < -0.39 is 12.0 Å². The van der Waals surface area contributed by atoms with E-state index in [2.05, 4.69) is 5.32 Å². The van der Waals surface area contributed by atoms with Gasteiger partial charge in [0.15, 0.2) is 5.78 Å². The van der Waals surface area contributed by atoms with Gasteiger partial charge in [-0.1, -0.05) is 0 Å². The molecule has 1 atom stereocenters. The molecule has 1 N–H and O–H groups in total. The zero-order valence-electron chi connectivity index (χ0n) is 15.6. The maximum atomic E-state index is 12.7. The Kier molecular flexibility index (Phi) is 5.54. The summed E-state index contributed by atoms with van der Waals surface area (Å²) in [5, 5.41) is 3.03. The van der Waals surface area contributed by atoms with Crippen molar-refractivity contribution in [2.24, 2.45) is 0 Å². The number of benzene rings is 2. The van der Waals surface area contributed by atoms with E-state index >= 15 is 0 Å². The summed E-state index contributed by atoms with van der Waals surface area (Å²) in [7, 11) is 0. The van der Waals surface area contributed by atoms with Crippen LogP contribution in [0.25, 0.3) is 0 Å². The molecule has 1 aliphatic rings. The Balaban J connectivity index is 1.71. The van der Waals surface area contributed by atoms with Crippen molar-refractivity contribution in [3.05, 3.63) is 59.7 Å². The number of hydrogen-bond donors (Lipinski definition) is 1. The molecule has 1 heterocycles. The maximum Gasteiger partial charge on any atom is 0.338 e. The Morgan fingerprint density at radius 3 is 2.21 bits per heavy atom. The highest BCUT2D eigenvalue weighted by Gasteiger charge is 2.39. The van der Waals surface area contributed by atoms with Crippen LogP contribution in [-0.2, 0) is 14.3 Å². The average Bonchev–Trinajstić information content (AvgIpc) is 2.96. The summed E-state index contributed by atoms with van der Waals surface area (Å²) in [5.74, 6) is -1.19. The number of rotatable bonds is 6. The van der Waals surface area contributed by atoms with Gasteiger partial charge in [-0.2, -0.15) is 0 Å². The van der Waals surface area contributed by atoms with E-state index in [0.29, 0.717) is 29.1 Å². The molecule has 7 nitrogen and oxygen atoms in total. The van der Waals surface area contributed by atoms with Crippen molar-refractivity contribution < 1.29 is 23.9 Å². The first-order chi connectivity index (χ1) is 13.4. The number of nitrogens with zero attached hydrogens (tertiary/aromatic N) is 1. The summed E-state index contributed by atoms with van der Waals surface area (Å²) in [6, 6.07) is 12.2. The number of imide groups is 1. The molecule has 144 valence electrons. The number of nitrogens with one attached hydrogen (secondary N) is 1. The van der Waals surface area contributed by atoms with Gasteiger partial charge in [-0.3, -0.25) is 14.4 Å². The third-order valence-electron chi connectivity index (χ3n) is 4.42. The van der Waals surface area contributed by atoms with Crippen molar-refractivity contribution >= 4 is 34.9 Å². The number of carbonyl (C=O) groups excluding carboxylic acids is 4. The van der Waals surface area contributed by atoms with Crippen LogP contribution < -0.4 is 10.2 Å². The van der Waals surface area contributed by atoms with Crippen LogP contribution in [0.15, 0.2) is 48.5 Å². The largest absolute Gasteiger partial charge is 0.462 e. The fourth-order valence-corrected chi connectivity index (χ4v) is 2.98. The molecular weight excluding hydrogens is 360 g/mol. The molecule has 0 spiro atoms. The molecule has 7 heteroatoms. The van der Waals surface area contributed by atoms with Crippen LogP contribution in [0, 0.1) is 0 Å². The Morgan fingerprint density at radius 2 is 1.64 bits per heavy atom. The number of carbonyl (C=O) groups is 4. The molecule has 0 aromatic heterocycles. The monoisotopic (exact) mass is 380 g/mol. The molecule has 1 fully saturated rings. The van der Waals surface area contributed by atoms with E-state index in [1.807, 2.05) is 0 Å². The molecule has 0 saturated carbocycles. The first kappa shape index (κ1) is 19.3. The lowest BCUT2D eigenvalue weighted by Gasteiger charge is -2.16. The van der Waals surface area contributed by atoms with Gasteiger partial charge in [0, 0.05) is 11.3 Å². The van der Waals surface area contributed by atoms with Gasteiger partial charge in [0.1, 0.15) is 6.04 Å². The predicted octanol–water partition coefficient (Wildman–Crippen LogP) is 2.81. The van der Waals surface area contributed by atoms with E-state index in [-0.39, 0.29) is 24.0 Å². The molecule has 2 amide bonds. The van der Waals surface area contributed by atoms with E-state index in [4.69, 9.17) is 4.74 Å². The molecule has 1 aliphatic heterocycles. The summed E-state index contributed by atoms with van der Waals surface area (Å²) in [5.41, 5.74) is 1.97. The van der Waals surface area contributed by atoms with Gasteiger partial charge in [-0.05, 0) is 62.4 Å². The lowest BCUT2D eigenvalue weighted by Crippen LogP contribution is -2.34. The standard InChI is InChI=1S/C21H20N2O5/c1-3-28-21(27)15-4-8-16(9-5-15)22-18-12-19(25)23(20(18)26)17-10-6-14(7-11-17)13(2)24/h4-11,18,22H,3,12H2,1-2H3/t18-/m1/s1. The summed E-state index contributed by atoms with van der Waals surface area (Å²) in [6.45, 7) is 3.48. The highest BCUT2D eigenvalue weighted by molar-refractivity contribution is 6.23. The first-order valence-corrected chi connectivity index (χ1v) is 8.92. The van der Waals surface area contributed by atoms with Gasteiger partial charge in [-0.25, -0.2) is 9.69 Å². The van der Waals surface area contributed by atoms with Crippen molar-refractivity contribution in [2.45, 2.75) is 26.3 Å². The Labute approximate surface area is 162 Å². The van der Waals surface area contributed by atoms with Crippen LogP contribution >= 0.6 is 0 Å². The van der Waals surface area contributed by atoms with E-state index in [1.165, 1.54) is 6.92 Å². The lowest BCUT2D eigenvalue weighted by atomic mass is 10.1. The number of hydrogen-bond acceptors (Lipinski definition) is 6. The molecule has 3 rings (SSSR count). The lowest BCUT2D eigenvalue weighted by molar-refractivity contribution is -0.121. The summed E-state index contributed by atoms with van der Waals surface area (Å²) in [6.07, 6.45) is 0.0208. The van der Waals surface area contributed by atoms with Gasteiger partial charge in [-0.15, -0.1) is 0 Å². The molecule has 2 aromatic carbocycles. The third-order valence-corrected chi connectivity index (χ3v) is 4.42. The van der Waals surface area contributed by atoms with Crippen LogP contribution in [-0.4, -0.2) is 36.2 Å². The number of amides is 2. The molecule has 1 saturated heterocycles. The van der Waals surface area contributed by atoms with Crippen LogP contribution in [0.2, 0.25) is 0 Å². The highest BCUT2D eigenvalue weighted by Crippen LogP contribution is 2.25. The van der Waals surface area contributed by atoms with Crippen molar-refractivity contribution in [1.82, 2.24) is 0 Å². The minimum absolute atomic E-state index is 0.0208. The van der Waals surface area contributed by atoms with Gasteiger partial charge in [0.25, 0.3) is 5.91 Å². The Bertz CT molecular complexity index is 919. The molecule has 28 heavy (non-hydrogen) atoms. The second kappa shape index (κ2) is 8.04. The van der Waals surface area contributed by atoms with E-state index in [9.17, 15) is 19.2 Å². The van der Waals surface area contributed by atoms with E-state index in [0.717, 1.165) is 4.90 Å². The van der Waals surface area contributed by atoms with Crippen LogP contribution in [0.1, 0.15) is 41.0 Å². The molecule has 2 aromatic rings. The van der Waals surface area contributed by atoms with Gasteiger partial charge >= 0.3 is 5.97 Å². The van der Waals surface area contributed by atoms with Crippen molar-refractivity contribution in [1.29, 1.82) is 0 Å². The van der Waals surface area contributed by atoms with Crippen molar-refractivity contribution in [2.75, 3.05) is 16.8 Å². The van der Waals surface area contributed by atoms with Crippen LogP contribution in [0.4, 0.5) is 11.4 Å². The van der Waals surface area contributed by atoms with Crippen molar-refractivity contribution in [3.8, 4) is 0 Å². The van der Waals surface area contributed by atoms with Crippen LogP contribution in [0.5, 0.6) is 0 Å². The smallest absolute Gasteiger partial charge is 0.338 e. The number of ketones is 1. The SMILES string of the molecule is CCOC(=O)c1ccc(N[C@@H]2CC(=O)N(c3ccc(C(C)=O)cc3)C2=O)cc1. The molecule has 0 aliphatic carbocycles. The second-order valence-electron chi connectivity index (χ2n) is 6.37. The highest BCUT2D eigenvalue weighted by atomic mass is 16.5. The Morgan fingerprint density at radius 1 is 1.04 bits per heavy atom. The van der Waals surface area contributed by atoms with Gasteiger partial charge < -0.3 is 10.1 Å². The van der Waals surface area contributed by atoms with Crippen molar-refractivity contribution in [3.63, 3.8) is 0 Å². The van der Waals surface area contributed by atoms with Gasteiger partial charge in [0.2, 0.25) is 5.91 Å². The van der Waals surface area contributed by atoms with E-state index in [1.54, 1.807) is 55.5 Å². The Hall–Kier alpha value is -3.48. The quantitative estimate of drug-likeness (QED) is 0.471. The zero-order valence-corrected chi connectivity index (χ0v) is 15.6. The fraction of sp³-hybridized carbons (Fsp3) is 0.238. The predicted molar refractivity (Wildman–Crippen MR) is 103 cm³/mol. The number of Topliss-reactive ketones (excluding diaryl/α,β-unsaturated/α-hetero) is 1. The molecule has 0 unspecified atom stereocenters. The van der Waals surface area contributed by atoms with Gasteiger partial charge in [0.05, 0.1) is 24.3 Å². The zero-order chi connectivity index (χ0) is 20.3. The summed E-state index contributed by atoms with van der Waals surface area (Å²) in [4.78, 5) is 49.2. The normalized spacial score (nSPS) is 16.2. The molecule has 0 bridgehead atoms. The third kappa shape index (κ3) is 3.93. The number of ether oxygens (including phenoxy) is 1. The summed E-state index contributed by atoms with van der Waals surface area (Å²) < 4.78 is 4.93. The first-order valence-electron chi connectivity index (χ1n) is 8.92. The fourth-order valence-electron chi connectivity index (χ4n) is 2.98. The maximum absolute atomic E-state index is 12.7. The minimum Gasteiger partial charge on any atom is -0.462 e. The topological polar surface area (TPSA) is 92.8 Å². The summed E-state index contributed by atoms with van der Waals surface area (Å²) >= 11 is 0. The average molecular weight is 380 g/mol. The number of anilines is 2. The number of esters is 1.